The third kappa shape index (κ3) is 2.29. The fourth-order valence-corrected chi connectivity index (χ4v) is 1.24. The van der Waals surface area contributed by atoms with Gasteiger partial charge in [-0.1, -0.05) is 28.1 Å². The van der Waals surface area contributed by atoms with E-state index in [9.17, 15) is 0 Å². The van der Waals surface area contributed by atoms with Crippen molar-refractivity contribution in [3.63, 3.8) is 0 Å². The van der Waals surface area contributed by atoms with Gasteiger partial charge in [0.2, 0.25) is 0 Å². The van der Waals surface area contributed by atoms with Crippen molar-refractivity contribution in [1.82, 2.24) is 0 Å². The number of nitrogens with two attached hydrogens (primary N) is 1. The van der Waals surface area contributed by atoms with Gasteiger partial charge in [-0.25, -0.2) is 0 Å². The Morgan fingerprint density at radius 2 is 2.27 bits per heavy atom. The summed E-state index contributed by atoms with van der Waals surface area (Å²) in [5.41, 5.74) is 6.59. The average molecular weight is 216 g/mol. The lowest BCUT2D eigenvalue weighted by Gasteiger charge is -2.09. The van der Waals surface area contributed by atoms with Crippen molar-refractivity contribution >= 4 is 15.9 Å². The molecule has 1 unspecified atom stereocenters. The van der Waals surface area contributed by atoms with Crippen molar-refractivity contribution in [2.45, 2.75) is 6.23 Å². The van der Waals surface area contributed by atoms with Crippen LogP contribution in [0, 0.1) is 0 Å². The molecule has 0 spiro atoms. The molecule has 2 N–H and O–H groups in total. The van der Waals surface area contributed by atoms with E-state index in [0.717, 1.165) is 10.0 Å². The summed E-state index contributed by atoms with van der Waals surface area (Å²) >= 11 is 3.35. The molecule has 1 aromatic rings. The highest BCUT2D eigenvalue weighted by Crippen LogP contribution is 2.16. The molecule has 1 aromatic carbocycles. The molecule has 0 aromatic heterocycles. The second-order valence-electron chi connectivity index (χ2n) is 2.21. The summed E-state index contributed by atoms with van der Waals surface area (Å²) in [6.45, 7) is 0. The van der Waals surface area contributed by atoms with Crippen LogP contribution in [0.5, 0.6) is 0 Å². The van der Waals surface area contributed by atoms with Crippen molar-refractivity contribution in [2.24, 2.45) is 5.73 Å². The molecule has 1 rings (SSSR count). The lowest BCUT2D eigenvalue weighted by atomic mass is 10.2. The highest BCUT2D eigenvalue weighted by atomic mass is 79.9. The van der Waals surface area contributed by atoms with Crippen molar-refractivity contribution in [3.05, 3.63) is 34.3 Å². The highest BCUT2D eigenvalue weighted by Gasteiger charge is 2.02. The predicted molar refractivity (Wildman–Crippen MR) is 48.1 cm³/mol. The van der Waals surface area contributed by atoms with Crippen LogP contribution in [-0.4, -0.2) is 7.11 Å². The molecule has 11 heavy (non-hydrogen) atoms. The molecular formula is C8H10BrNO. The molecule has 0 saturated carbocycles. The summed E-state index contributed by atoms with van der Waals surface area (Å²) < 4.78 is 5.96. The first-order valence-corrected chi connectivity index (χ1v) is 4.07. The summed E-state index contributed by atoms with van der Waals surface area (Å²) in [6, 6.07) is 7.75. The quantitative estimate of drug-likeness (QED) is 0.768. The molecule has 3 heteroatoms. The van der Waals surface area contributed by atoms with Gasteiger partial charge in [0.25, 0.3) is 0 Å². The van der Waals surface area contributed by atoms with Crippen LogP contribution in [0.4, 0.5) is 0 Å². The van der Waals surface area contributed by atoms with Gasteiger partial charge in [0, 0.05) is 11.6 Å². The van der Waals surface area contributed by atoms with Crippen LogP contribution in [0.1, 0.15) is 11.8 Å². The van der Waals surface area contributed by atoms with Gasteiger partial charge in [-0.2, -0.15) is 0 Å². The maximum atomic E-state index is 5.62. The SMILES string of the molecule is COC(N)c1cccc(Br)c1. The monoisotopic (exact) mass is 215 g/mol. The lowest BCUT2D eigenvalue weighted by Crippen LogP contribution is -2.11. The van der Waals surface area contributed by atoms with E-state index in [2.05, 4.69) is 15.9 Å². The number of rotatable bonds is 2. The lowest BCUT2D eigenvalue weighted by molar-refractivity contribution is 0.109. The van der Waals surface area contributed by atoms with E-state index in [1.807, 2.05) is 24.3 Å². The zero-order valence-electron chi connectivity index (χ0n) is 6.25. The maximum Gasteiger partial charge on any atom is 0.131 e. The third-order valence-corrected chi connectivity index (χ3v) is 1.92. The minimum atomic E-state index is -0.326. The van der Waals surface area contributed by atoms with Crippen LogP contribution in [0.3, 0.4) is 0 Å². The minimum Gasteiger partial charge on any atom is -0.363 e. The number of methoxy groups -OCH3 is 1. The van der Waals surface area contributed by atoms with E-state index in [-0.39, 0.29) is 6.23 Å². The summed E-state index contributed by atoms with van der Waals surface area (Å²) in [6.07, 6.45) is -0.326. The Balaban J connectivity index is 2.86. The number of halogens is 1. The number of hydrogen-bond acceptors (Lipinski definition) is 2. The summed E-state index contributed by atoms with van der Waals surface area (Å²) in [4.78, 5) is 0. The zero-order chi connectivity index (χ0) is 8.27. The van der Waals surface area contributed by atoms with Gasteiger partial charge in [-0.3, -0.25) is 0 Å². The van der Waals surface area contributed by atoms with Crippen molar-refractivity contribution < 1.29 is 4.74 Å². The van der Waals surface area contributed by atoms with E-state index in [4.69, 9.17) is 10.5 Å². The number of benzene rings is 1. The average Bonchev–Trinajstić information content (AvgIpc) is 2.03. The van der Waals surface area contributed by atoms with Gasteiger partial charge in [-0.15, -0.1) is 0 Å². The normalized spacial score (nSPS) is 13.0. The smallest absolute Gasteiger partial charge is 0.131 e. The van der Waals surface area contributed by atoms with Gasteiger partial charge >= 0.3 is 0 Å². The summed E-state index contributed by atoms with van der Waals surface area (Å²) in [5, 5.41) is 0. The fourth-order valence-electron chi connectivity index (χ4n) is 0.820. The molecule has 0 heterocycles. The molecule has 0 aliphatic heterocycles. The third-order valence-electron chi connectivity index (χ3n) is 1.43. The maximum absolute atomic E-state index is 5.62. The molecule has 1 atom stereocenters. The first kappa shape index (κ1) is 8.71. The Hall–Kier alpha value is -0.380. The van der Waals surface area contributed by atoms with Crippen LogP contribution >= 0.6 is 15.9 Å². The van der Waals surface area contributed by atoms with Gasteiger partial charge < -0.3 is 10.5 Å². The van der Waals surface area contributed by atoms with Crippen LogP contribution < -0.4 is 5.73 Å². The van der Waals surface area contributed by atoms with E-state index >= 15 is 0 Å². The standard InChI is InChI=1S/C8H10BrNO/c1-11-8(10)6-3-2-4-7(9)5-6/h2-5,8H,10H2,1H3. The minimum absolute atomic E-state index is 0.326. The zero-order valence-corrected chi connectivity index (χ0v) is 7.84. The molecule has 0 amide bonds. The van der Waals surface area contributed by atoms with Crippen molar-refractivity contribution in [1.29, 1.82) is 0 Å². The second kappa shape index (κ2) is 3.85. The molecule has 0 saturated heterocycles. The molecular weight excluding hydrogens is 206 g/mol. The molecule has 0 fully saturated rings. The van der Waals surface area contributed by atoms with Crippen LogP contribution in [-0.2, 0) is 4.74 Å². The van der Waals surface area contributed by atoms with E-state index in [1.54, 1.807) is 7.11 Å². The second-order valence-corrected chi connectivity index (χ2v) is 3.13. The Kier molecular flexibility index (Phi) is 3.05. The topological polar surface area (TPSA) is 35.2 Å². The molecule has 2 nitrogen and oxygen atoms in total. The molecule has 60 valence electrons. The van der Waals surface area contributed by atoms with Crippen LogP contribution in [0.15, 0.2) is 28.7 Å². The number of hydrogen-bond donors (Lipinski definition) is 1. The van der Waals surface area contributed by atoms with Gasteiger partial charge in [0.05, 0.1) is 0 Å². The molecule has 0 radical (unpaired) electrons. The largest absolute Gasteiger partial charge is 0.363 e. The summed E-state index contributed by atoms with van der Waals surface area (Å²) in [7, 11) is 1.59. The Morgan fingerprint density at radius 3 is 2.82 bits per heavy atom. The van der Waals surface area contributed by atoms with Gasteiger partial charge in [0.15, 0.2) is 0 Å². The number of ether oxygens (including phenoxy) is 1. The Labute approximate surface area is 74.5 Å². The predicted octanol–water partition coefficient (Wildman–Crippen LogP) is 2.05. The van der Waals surface area contributed by atoms with Crippen molar-refractivity contribution in [3.8, 4) is 0 Å². The van der Waals surface area contributed by atoms with E-state index in [0.29, 0.717) is 0 Å². The first-order valence-electron chi connectivity index (χ1n) is 3.28. The highest BCUT2D eigenvalue weighted by molar-refractivity contribution is 9.10. The van der Waals surface area contributed by atoms with Crippen molar-refractivity contribution in [2.75, 3.05) is 7.11 Å². The fraction of sp³-hybridized carbons (Fsp3) is 0.250. The molecule has 0 aliphatic carbocycles. The van der Waals surface area contributed by atoms with E-state index in [1.165, 1.54) is 0 Å². The molecule has 0 aliphatic rings. The van der Waals surface area contributed by atoms with E-state index < -0.39 is 0 Å². The van der Waals surface area contributed by atoms with Crippen LogP contribution in [0.25, 0.3) is 0 Å². The first-order chi connectivity index (χ1) is 5.24. The Morgan fingerprint density at radius 1 is 1.55 bits per heavy atom. The van der Waals surface area contributed by atoms with Crippen LogP contribution in [0.2, 0.25) is 0 Å². The molecule has 0 bridgehead atoms. The Bertz CT molecular complexity index is 239. The van der Waals surface area contributed by atoms with Gasteiger partial charge in [0.1, 0.15) is 6.23 Å². The van der Waals surface area contributed by atoms with Gasteiger partial charge in [-0.05, 0) is 17.7 Å². The summed E-state index contributed by atoms with van der Waals surface area (Å²) in [5.74, 6) is 0.